The highest BCUT2D eigenvalue weighted by molar-refractivity contribution is 7.07. The summed E-state index contributed by atoms with van der Waals surface area (Å²) in [6, 6.07) is 9.06. The molecule has 0 saturated carbocycles. The second-order valence-electron chi connectivity index (χ2n) is 5.54. The summed E-state index contributed by atoms with van der Waals surface area (Å²) in [6.45, 7) is 3.74. The molecule has 1 aromatic heterocycles. The lowest BCUT2D eigenvalue weighted by molar-refractivity contribution is 0.185. The van der Waals surface area contributed by atoms with Crippen LogP contribution in [-0.2, 0) is 17.7 Å². The third-order valence-electron chi connectivity index (χ3n) is 4.11. The molecule has 0 bridgehead atoms. The molecule has 0 amide bonds. The molecule has 0 fully saturated rings. The van der Waals surface area contributed by atoms with E-state index in [1.807, 2.05) is 0 Å². The van der Waals surface area contributed by atoms with E-state index < -0.39 is 0 Å². The van der Waals surface area contributed by atoms with Crippen LogP contribution in [0, 0.1) is 6.92 Å². The first-order chi connectivity index (χ1) is 10.3. The first-order valence-corrected chi connectivity index (χ1v) is 8.43. The lowest BCUT2D eigenvalue weighted by atomic mass is 9.88. The average Bonchev–Trinajstić information content (AvgIpc) is 2.86. The van der Waals surface area contributed by atoms with Crippen molar-refractivity contribution in [1.29, 1.82) is 0 Å². The van der Waals surface area contributed by atoms with Crippen molar-refractivity contribution in [2.45, 2.75) is 38.8 Å². The van der Waals surface area contributed by atoms with Crippen LogP contribution in [0.25, 0.3) is 0 Å². The summed E-state index contributed by atoms with van der Waals surface area (Å²) in [6.07, 6.45) is 3.57. The van der Waals surface area contributed by atoms with Crippen molar-refractivity contribution in [2.24, 2.45) is 4.99 Å². The molecule has 4 heteroatoms. The molecule has 112 valence electrons. The van der Waals surface area contributed by atoms with Crippen LogP contribution in [0.15, 0.2) is 34.6 Å². The maximum Gasteiger partial charge on any atom is 0.185 e. The van der Waals surface area contributed by atoms with E-state index in [1.54, 1.807) is 18.4 Å². The Labute approximate surface area is 129 Å². The molecule has 21 heavy (non-hydrogen) atoms. The lowest BCUT2D eigenvalue weighted by Gasteiger charge is -2.22. The Kier molecular flexibility index (Phi) is 4.56. The summed E-state index contributed by atoms with van der Waals surface area (Å²) in [4.78, 5) is 6.18. The molecule has 1 aliphatic carbocycles. The summed E-state index contributed by atoms with van der Waals surface area (Å²) in [5, 5.41) is 2.18. The number of hydrogen-bond acceptors (Lipinski definition) is 3. The van der Waals surface area contributed by atoms with Gasteiger partial charge in [-0.15, -0.1) is 11.3 Å². The van der Waals surface area contributed by atoms with Crippen molar-refractivity contribution in [2.75, 3.05) is 13.7 Å². The number of aromatic nitrogens is 1. The number of nitrogens with zero attached hydrogens (tertiary/aromatic N) is 2. The lowest BCUT2D eigenvalue weighted by Crippen LogP contribution is -2.21. The SMILES string of the molecule is COCCn1c(C)csc1=NC1CCCc2ccccc21. The van der Waals surface area contributed by atoms with E-state index >= 15 is 0 Å². The number of ether oxygens (including phenoxy) is 1. The first kappa shape index (κ1) is 14.5. The fraction of sp³-hybridized carbons (Fsp3) is 0.471. The second-order valence-corrected chi connectivity index (χ2v) is 6.38. The Bertz CT molecular complexity index is 671. The molecule has 1 atom stereocenters. The third kappa shape index (κ3) is 3.11. The van der Waals surface area contributed by atoms with E-state index in [9.17, 15) is 0 Å². The maximum atomic E-state index is 5.21. The highest BCUT2D eigenvalue weighted by atomic mass is 32.1. The summed E-state index contributed by atoms with van der Waals surface area (Å²) in [5.41, 5.74) is 4.14. The Morgan fingerprint density at radius 1 is 1.38 bits per heavy atom. The summed E-state index contributed by atoms with van der Waals surface area (Å²) in [5.74, 6) is 0. The van der Waals surface area contributed by atoms with Gasteiger partial charge >= 0.3 is 0 Å². The fourth-order valence-corrected chi connectivity index (χ4v) is 3.92. The van der Waals surface area contributed by atoms with E-state index in [2.05, 4.69) is 41.1 Å². The normalized spacial score (nSPS) is 18.8. The molecular weight excluding hydrogens is 280 g/mol. The summed E-state index contributed by atoms with van der Waals surface area (Å²) >= 11 is 1.74. The molecular formula is C17H22N2OS. The van der Waals surface area contributed by atoms with Crippen molar-refractivity contribution in [3.63, 3.8) is 0 Å². The van der Waals surface area contributed by atoms with E-state index in [-0.39, 0.29) is 0 Å². The molecule has 0 radical (unpaired) electrons. The Morgan fingerprint density at radius 3 is 3.10 bits per heavy atom. The summed E-state index contributed by atoms with van der Waals surface area (Å²) in [7, 11) is 1.75. The van der Waals surface area contributed by atoms with Crippen LogP contribution in [0.3, 0.4) is 0 Å². The van der Waals surface area contributed by atoms with Crippen molar-refractivity contribution >= 4 is 11.3 Å². The molecule has 0 spiro atoms. The quantitative estimate of drug-likeness (QED) is 0.849. The number of methoxy groups -OCH3 is 1. The number of fused-ring (bicyclic) bond motifs is 1. The van der Waals surface area contributed by atoms with Gasteiger partial charge in [-0.05, 0) is 37.3 Å². The molecule has 1 aliphatic rings. The average molecular weight is 302 g/mol. The van der Waals surface area contributed by atoms with Gasteiger partial charge in [0.25, 0.3) is 0 Å². The number of benzene rings is 1. The molecule has 2 aromatic rings. The van der Waals surface area contributed by atoms with Crippen LogP contribution >= 0.6 is 11.3 Å². The zero-order valence-electron chi connectivity index (χ0n) is 12.7. The largest absolute Gasteiger partial charge is 0.383 e. The standard InChI is InChI=1S/C17H22N2OS/c1-13-12-21-17(19(13)10-11-20-2)18-16-9-5-7-14-6-3-4-8-15(14)16/h3-4,6,8,12,16H,5,7,9-11H2,1-2H3. The number of aryl methyl sites for hydroxylation is 2. The van der Waals surface area contributed by atoms with Crippen LogP contribution in [0.2, 0.25) is 0 Å². The van der Waals surface area contributed by atoms with Gasteiger partial charge in [-0.3, -0.25) is 4.99 Å². The molecule has 3 rings (SSSR count). The molecule has 0 N–H and O–H groups in total. The van der Waals surface area contributed by atoms with Crippen molar-refractivity contribution in [3.8, 4) is 0 Å². The molecule has 3 nitrogen and oxygen atoms in total. The zero-order valence-corrected chi connectivity index (χ0v) is 13.5. The highest BCUT2D eigenvalue weighted by Gasteiger charge is 2.19. The monoisotopic (exact) mass is 302 g/mol. The van der Waals surface area contributed by atoms with Crippen LogP contribution in [0.1, 0.15) is 35.7 Å². The van der Waals surface area contributed by atoms with Gasteiger partial charge in [0.1, 0.15) is 0 Å². The summed E-state index contributed by atoms with van der Waals surface area (Å²) < 4.78 is 7.48. The van der Waals surface area contributed by atoms with Crippen LogP contribution in [0.4, 0.5) is 0 Å². The molecule has 1 heterocycles. The van der Waals surface area contributed by atoms with Gasteiger partial charge in [0, 0.05) is 24.7 Å². The number of thiazole rings is 1. The predicted octanol–water partition coefficient (Wildman–Crippen LogP) is 3.48. The van der Waals surface area contributed by atoms with Crippen molar-refractivity contribution < 1.29 is 4.74 Å². The Morgan fingerprint density at radius 2 is 2.24 bits per heavy atom. The van der Waals surface area contributed by atoms with Gasteiger partial charge < -0.3 is 9.30 Å². The van der Waals surface area contributed by atoms with Crippen molar-refractivity contribution in [3.05, 3.63) is 51.3 Å². The van der Waals surface area contributed by atoms with E-state index in [1.165, 1.54) is 29.7 Å². The topological polar surface area (TPSA) is 26.5 Å². The van der Waals surface area contributed by atoms with Gasteiger partial charge in [-0.25, -0.2) is 0 Å². The molecule has 1 unspecified atom stereocenters. The van der Waals surface area contributed by atoms with Gasteiger partial charge in [0.2, 0.25) is 0 Å². The Balaban J connectivity index is 1.96. The minimum atomic E-state index is 0.307. The zero-order chi connectivity index (χ0) is 14.7. The predicted molar refractivity (Wildman–Crippen MR) is 86.6 cm³/mol. The molecule has 0 aliphatic heterocycles. The first-order valence-electron chi connectivity index (χ1n) is 7.55. The molecule has 0 saturated heterocycles. The highest BCUT2D eigenvalue weighted by Crippen LogP contribution is 2.32. The van der Waals surface area contributed by atoms with Gasteiger partial charge in [0.15, 0.2) is 4.80 Å². The van der Waals surface area contributed by atoms with Gasteiger partial charge in [-0.2, -0.15) is 0 Å². The maximum absolute atomic E-state index is 5.21. The van der Waals surface area contributed by atoms with Crippen LogP contribution in [-0.4, -0.2) is 18.3 Å². The second kappa shape index (κ2) is 6.58. The number of rotatable bonds is 4. The minimum Gasteiger partial charge on any atom is -0.383 e. The fourth-order valence-electron chi connectivity index (χ4n) is 2.97. The van der Waals surface area contributed by atoms with E-state index in [0.29, 0.717) is 6.04 Å². The third-order valence-corrected chi connectivity index (χ3v) is 5.11. The van der Waals surface area contributed by atoms with Crippen LogP contribution in [0.5, 0.6) is 0 Å². The van der Waals surface area contributed by atoms with E-state index in [4.69, 9.17) is 9.73 Å². The van der Waals surface area contributed by atoms with E-state index in [0.717, 1.165) is 24.4 Å². The Hall–Kier alpha value is -1.39. The number of hydrogen-bond donors (Lipinski definition) is 0. The smallest absolute Gasteiger partial charge is 0.185 e. The minimum absolute atomic E-state index is 0.307. The van der Waals surface area contributed by atoms with Crippen molar-refractivity contribution in [1.82, 2.24) is 4.57 Å². The molecule has 1 aromatic carbocycles. The van der Waals surface area contributed by atoms with Gasteiger partial charge in [-0.1, -0.05) is 24.3 Å². The van der Waals surface area contributed by atoms with Crippen LogP contribution < -0.4 is 4.80 Å². The van der Waals surface area contributed by atoms with Gasteiger partial charge in [0.05, 0.1) is 12.6 Å².